The van der Waals surface area contributed by atoms with Crippen molar-refractivity contribution in [3.8, 4) is 0 Å². The molecule has 0 radical (unpaired) electrons. The predicted octanol–water partition coefficient (Wildman–Crippen LogP) is 6.19. The molecule has 0 N–H and O–H groups in total. The third-order valence-corrected chi connectivity index (χ3v) is 8.37. The van der Waals surface area contributed by atoms with Crippen molar-refractivity contribution in [2.75, 3.05) is 13.2 Å². The summed E-state index contributed by atoms with van der Waals surface area (Å²) in [6, 6.07) is 16.1. The third kappa shape index (κ3) is 5.13. The molecule has 0 bridgehead atoms. The van der Waals surface area contributed by atoms with Crippen LogP contribution in [-0.2, 0) is 20.7 Å². The number of cyclic esters (lactones) is 1. The molecule has 2 aromatic carbocycles. The van der Waals surface area contributed by atoms with Crippen LogP contribution in [-0.4, -0.2) is 58.7 Å². The van der Waals surface area contributed by atoms with Crippen LogP contribution in [0.3, 0.4) is 0 Å². The van der Waals surface area contributed by atoms with Gasteiger partial charge in [-0.1, -0.05) is 60.5 Å². The predicted molar refractivity (Wildman–Crippen MR) is 144 cm³/mol. The van der Waals surface area contributed by atoms with Crippen molar-refractivity contribution in [2.45, 2.75) is 76.5 Å². The van der Waals surface area contributed by atoms with Crippen LogP contribution in [0.5, 0.6) is 0 Å². The van der Waals surface area contributed by atoms with Gasteiger partial charge in [0.1, 0.15) is 12.2 Å². The molecular formula is C30H35ClN2O5. The van der Waals surface area contributed by atoms with Gasteiger partial charge in [0.2, 0.25) is 5.91 Å². The van der Waals surface area contributed by atoms with Crippen molar-refractivity contribution >= 4 is 29.7 Å². The second kappa shape index (κ2) is 10.3. The molecular weight excluding hydrogens is 504 g/mol. The first-order valence-corrected chi connectivity index (χ1v) is 13.7. The van der Waals surface area contributed by atoms with Crippen molar-refractivity contribution in [1.29, 1.82) is 0 Å². The Labute approximate surface area is 229 Å². The van der Waals surface area contributed by atoms with E-state index in [1.807, 2.05) is 63.2 Å². The molecule has 1 spiro atoms. The summed E-state index contributed by atoms with van der Waals surface area (Å²) in [5, 5.41) is 0.552. The van der Waals surface area contributed by atoms with Crippen LogP contribution in [0.1, 0.15) is 63.5 Å². The van der Waals surface area contributed by atoms with Gasteiger partial charge in [-0.3, -0.25) is 4.79 Å². The van der Waals surface area contributed by atoms with Gasteiger partial charge in [-0.2, -0.15) is 0 Å². The van der Waals surface area contributed by atoms with Crippen molar-refractivity contribution in [2.24, 2.45) is 5.41 Å². The largest absolute Gasteiger partial charge is 0.447 e. The van der Waals surface area contributed by atoms with E-state index in [-0.39, 0.29) is 17.9 Å². The summed E-state index contributed by atoms with van der Waals surface area (Å²) in [4.78, 5) is 44.0. The molecule has 5 rings (SSSR count). The minimum absolute atomic E-state index is 0.137. The lowest BCUT2D eigenvalue weighted by Crippen LogP contribution is -2.55. The highest BCUT2D eigenvalue weighted by Gasteiger charge is 2.59. The molecule has 2 saturated heterocycles. The zero-order valence-corrected chi connectivity index (χ0v) is 22.9. The number of carbonyl (C=O) groups excluding carboxylic acids is 3. The summed E-state index contributed by atoms with van der Waals surface area (Å²) in [7, 11) is 0. The van der Waals surface area contributed by atoms with E-state index in [0.29, 0.717) is 18.0 Å². The number of rotatable bonds is 5. The lowest BCUT2D eigenvalue weighted by molar-refractivity contribution is -0.134. The fourth-order valence-electron chi connectivity index (χ4n) is 6.24. The molecule has 1 aliphatic carbocycles. The zero-order valence-electron chi connectivity index (χ0n) is 22.2. The number of likely N-dealkylation sites (tertiary alicyclic amines) is 1. The number of halogens is 1. The van der Waals surface area contributed by atoms with E-state index in [1.165, 1.54) is 4.90 Å². The highest BCUT2D eigenvalue weighted by molar-refractivity contribution is 6.30. The summed E-state index contributed by atoms with van der Waals surface area (Å²) in [5.41, 5.74) is 0.874. The Morgan fingerprint density at radius 3 is 2.37 bits per heavy atom. The maximum absolute atomic E-state index is 14.5. The molecule has 3 amide bonds. The second-order valence-corrected chi connectivity index (χ2v) is 12.2. The normalized spacial score (nSPS) is 23.2. The second-order valence-electron chi connectivity index (χ2n) is 11.7. The lowest BCUT2D eigenvalue weighted by atomic mass is 9.60. The fourth-order valence-corrected chi connectivity index (χ4v) is 6.37. The van der Waals surface area contributed by atoms with Gasteiger partial charge in [0.25, 0.3) is 0 Å². The Morgan fingerprint density at radius 2 is 1.76 bits per heavy atom. The fraction of sp³-hybridized carbons (Fsp3) is 0.500. The van der Waals surface area contributed by atoms with Gasteiger partial charge < -0.3 is 14.4 Å². The molecule has 7 nitrogen and oxygen atoms in total. The Hall–Kier alpha value is -3.06. The minimum atomic E-state index is -0.758. The van der Waals surface area contributed by atoms with Crippen LogP contribution in [0.15, 0.2) is 54.6 Å². The molecule has 0 aromatic heterocycles. The molecule has 3 aliphatic rings. The van der Waals surface area contributed by atoms with Gasteiger partial charge in [-0.05, 0) is 75.1 Å². The first-order valence-electron chi connectivity index (χ1n) is 13.4. The van der Waals surface area contributed by atoms with E-state index in [9.17, 15) is 14.4 Å². The Bertz CT molecular complexity index is 1190. The quantitative estimate of drug-likeness (QED) is 0.453. The van der Waals surface area contributed by atoms with Gasteiger partial charge in [0, 0.05) is 11.6 Å². The van der Waals surface area contributed by atoms with E-state index in [4.69, 9.17) is 21.1 Å². The highest BCUT2D eigenvalue weighted by atomic mass is 35.5. The maximum atomic E-state index is 14.5. The average Bonchev–Trinajstić information content (AvgIpc) is 3.41. The maximum Gasteiger partial charge on any atom is 0.417 e. The molecule has 1 saturated carbocycles. The van der Waals surface area contributed by atoms with Gasteiger partial charge in [-0.25, -0.2) is 14.5 Å². The third-order valence-electron chi connectivity index (χ3n) is 8.11. The summed E-state index contributed by atoms with van der Waals surface area (Å²) >= 11 is 6.21. The number of hydrogen-bond acceptors (Lipinski definition) is 5. The SMILES string of the molecule is CC(C)(C)OC(=O)N1CCC2(CCC2)[C@H]1[C@@H](C(=O)N1C(=O)OC[C@H]1Cc1ccccc1)c1ccc(Cl)cc1. The number of benzene rings is 2. The van der Waals surface area contributed by atoms with E-state index in [1.54, 1.807) is 17.0 Å². The molecule has 3 fully saturated rings. The number of hydrogen-bond donors (Lipinski definition) is 0. The monoisotopic (exact) mass is 538 g/mol. The number of nitrogens with zero attached hydrogens (tertiary/aromatic N) is 2. The molecule has 2 aromatic rings. The summed E-state index contributed by atoms with van der Waals surface area (Å²) in [5.74, 6) is -1.10. The average molecular weight is 539 g/mol. The van der Waals surface area contributed by atoms with Gasteiger partial charge in [-0.15, -0.1) is 0 Å². The van der Waals surface area contributed by atoms with Gasteiger partial charge >= 0.3 is 12.2 Å². The van der Waals surface area contributed by atoms with Crippen LogP contribution in [0, 0.1) is 5.41 Å². The van der Waals surface area contributed by atoms with Crippen LogP contribution in [0.2, 0.25) is 5.02 Å². The molecule has 2 aliphatic heterocycles. The number of imide groups is 1. The van der Waals surface area contributed by atoms with Crippen molar-refractivity contribution in [3.63, 3.8) is 0 Å². The van der Waals surface area contributed by atoms with Crippen molar-refractivity contribution in [1.82, 2.24) is 9.80 Å². The Morgan fingerprint density at radius 1 is 1.08 bits per heavy atom. The highest BCUT2D eigenvalue weighted by Crippen LogP contribution is 2.56. The van der Waals surface area contributed by atoms with Crippen LogP contribution >= 0.6 is 11.6 Å². The molecule has 0 unspecified atom stereocenters. The topological polar surface area (TPSA) is 76.2 Å². The number of ether oxygens (including phenoxy) is 2. The molecule has 8 heteroatoms. The zero-order chi connectivity index (χ0) is 27.1. The summed E-state index contributed by atoms with van der Waals surface area (Å²) in [6.45, 7) is 6.16. The Kier molecular flexibility index (Phi) is 7.16. The van der Waals surface area contributed by atoms with Crippen LogP contribution in [0.4, 0.5) is 9.59 Å². The minimum Gasteiger partial charge on any atom is -0.447 e. The van der Waals surface area contributed by atoms with Gasteiger partial charge in [0.15, 0.2) is 0 Å². The van der Waals surface area contributed by atoms with Crippen molar-refractivity contribution in [3.05, 3.63) is 70.7 Å². The Balaban J connectivity index is 1.54. The van der Waals surface area contributed by atoms with Crippen molar-refractivity contribution < 1.29 is 23.9 Å². The lowest BCUT2D eigenvalue weighted by Gasteiger charge is -2.48. The van der Waals surface area contributed by atoms with Crippen LogP contribution < -0.4 is 0 Å². The smallest absolute Gasteiger partial charge is 0.417 e. The summed E-state index contributed by atoms with van der Waals surface area (Å²) < 4.78 is 11.2. The first-order chi connectivity index (χ1) is 18.1. The van der Waals surface area contributed by atoms with Gasteiger partial charge in [0.05, 0.1) is 18.0 Å². The molecule has 38 heavy (non-hydrogen) atoms. The van der Waals surface area contributed by atoms with E-state index in [0.717, 1.165) is 36.8 Å². The first kappa shape index (κ1) is 26.5. The standard InChI is InChI=1S/C30H35ClN2O5/c1-29(2,3)38-27(35)32-17-16-30(14-7-15-30)25(32)24(21-10-12-22(31)13-11-21)26(34)33-23(19-37-28(33)36)18-20-8-5-4-6-9-20/h4-6,8-13,23-25H,7,14-19H2,1-3H3/t23-,24+,25-/m1/s1. The number of amides is 3. The number of carbonyl (C=O) groups is 3. The molecule has 202 valence electrons. The summed E-state index contributed by atoms with van der Waals surface area (Å²) in [6.07, 6.45) is 3.12. The van der Waals surface area contributed by atoms with E-state index >= 15 is 0 Å². The van der Waals surface area contributed by atoms with E-state index in [2.05, 4.69) is 0 Å². The molecule has 3 atom stereocenters. The van der Waals surface area contributed by atoms with Crippen LogP contribution in [0.25, 0.3) is 0 Å². The molecule has 2 heterocycles. The van der Waals surface area contributed by atoms with E-state index < -0.39 is 35.8 Å².